The minimum absolute atomic E-state index is 0.447. The van der Waals surface area contributed by atoms with Crippen molar-refractivity contribution in [1.82, 2.24) is 5.32 Å². The Hall–Kier alpha value is -1.94. The highest BCUT2D eigenvalue weighted by molar-refractivity contribution is 5.16. The molecule has 0 heterocycles. The highest BCUT2D eigenvalue weighted by Crippen LogP contribution is 2.74. The van der Waals surface area contributed by atoms with Gasteiger partial charge in [-0.3, -0.25) is 0 Å². The minimum atomic E-state index is 0.447. The van der Waals surface area contributed by atoms with Gasteiger partial charge in [-0.25, -0.2) is 0 Å². The fourth-order valence-electron chi connectivity index (χ4n) is 14.2. The molecule has 0 aromatic rings. The summed E-state index contributed by atoms with van der Waals surface area (Å²) >= 11 is 0. The highest BCUT2D eigenvalue weighted by Gasteiger charge is 2.66. The van der Waals surface area contributed by atoms with Crippen LogP contribution in [0.15, 0.2) is 61.9 Å². The third-order valence-electron chi connectivity index (χ3n) is 17.1. The third-order valence-corrected chi connectivity index (χ3v) is 17.1. The monoisotopic (exact) mass is 844 g/mol. The Bertz CT molecular complexity index is 1260. The summed E-state index contributed by atoms with van der Waals surface area (Å²) in [5.41, 5.74) is 6.59. The van der Waals surface area contributed by atoms with Gasteiger partial charge >= 0.3 is 0 Å². The van der Waals surface area contributed by atoms with Crippen molar-refractivity contribution in [3.63, 3.8) is 0 Å². The number of terminal acetylenes is 1. The minimum Gasteiger partial charge on any atom is -0.391 e. The van der Waals surface area contributed by atoms with E-state index in [0.29, 0.717) is 21.7 Å². The standard InChI is InChI=1S/C41H70.C7H14.C5H11N.C3H6.C2H6.C2H2/c1-10-12-14-29(3)18-25-41-26-19-31(5)37(41)33-16-17-36-39(8,34(33)21-27-41)24-22-35-38(6,7)32(20-23-40(35,36)9)28-30(4)15-13-11-2;1-4-5-6-7(2)3;1-3-5-6-4-2;1-3-2;2*1-2/h31-37H,3-4,10-28H2,1-2,5-9H3;2,4-6H2,1,3H3;4,6H,2-3,5H2,1H3;3H,1H2,2H3;1-2H3;1-2H. The molecule has 0 aromatic heterocycles. The van der Waals surface area contributed by atoms with E-state index >= 15 is 0 Å². The van der Waals surface area contributed by atoms with Gasteiger partial charge in [0.2, 0.25) is 0 Å². The first-order valence-corrected chi connectivity index (χ1v) is 26.2. The summed E-state index contributed by atoms with van der Waals surface area (Å²) in [6, 6.07) is 0. The van der Waals surface area contributed by atoms with Crippen LogP contribution in [0.2, 0.25) is 0 Å². The van der Waals surface area contributed by atoms with Crippen molar-refractivity contribution in [2.24, 2.45) is 63.1 Å². The van der Waals surface area contributed by atoms with Gasteiger partial charge in [0, 0.05) is 6.54 Å². The predicted molar refractivity (Wildman–Crippen MR) is 280 cm³/mol. The molecule has 0 aliphatic heterocycles. The molecule has 0 radical (unpaired) electrons. The van der Waals surface area contributed by atoms with Crippen LogP contribution in [0.3, 0.4) is 0 Å². The first-order chi connectivity index (χ1) is 29.0. The van der Waals surface area contributed by atoms with Crippen molar-refractivity contribution in [1.29, 1.82) is 0 Å². The summed E-state index contributed by atoms with van der Waals surface area (Å²) in [6.45, 7) is 51.4. The van der Waals surface area contributed by atoms with Crippen LogP contribution in [0.4, 0.5) is 0 Å². The van der Waals surface area contributed by atoms with Crippen LogP contribution in [0.5, 0.6) is 0 Å². The molecule has 5 rings (SSSR count). The number of hydrogen-bond donors (Lipinski definition) is 1. The average Bonchev–Trinajstić information content (AvgIpc) is 3.59. The molecule has 0 bridgehead atoms. The van der Waals surface area contributed by atoms with Crippen molar-refractivity contribution in [3.05, 3.63) is 61.9 Å². The van der Waals surface area contributed by atoms with Crippen LogP contribution in [0.1, 0.15) is 238 Å². The van der Waals surface area contributed by atoms with E-state index in [-0.39, 0.29) is 0 Å². The summed E-state index contributed by atoms with van der Waals surface area (Å²) in [5.74, 6) is 6.58. The summed E-state index contributed by atoms with van der Waals surface area (Å²) in [6.07, 6.45) is 43.3. The van der Waals surface area contributed by atoms with E-state index in [0.717, 1.165) is 48.0 Å². The van der Waals surface area contributed by atoms with Gasteiger partial charge in [-0.2, -0.15) is 0 Å². The van der Waals surface area contributed by atoms with Crippen molar-refractivity contribution in [2.75, 3.05) is 6.54 Å². The Morgan fingerprint density at radius 3 is 1.72 bits per heavy atom. The molecule has 354 valence electrons. The zero-order valence-corrected chi connectivity index (χ0v) is 43.9. The van der Waals surface area contributed by atoms with Crippen LogP contribution in [0, 0.1) is 75.9 Å². The van der Waals surface area contributed by atoms with E-state index in [9.17, 15) is 0 Å². The molecule has 5 aliphatic carbocycles. The van der Waals surface area contributed by atoms with Gasteiger partial charge in [-0.05, 0) is 212 Å². The lowest BCUT2D eigenvalue weighted by Gasteiger charge is -2.70. The summed E-state index contributed by atoms with van der Waals surface area (Å²) in [4.78, 5) is 0. The molecule has 1 nitrogen and oxygen atoms in total. The lowest BCUT2D eigenvalue weighted by atomic mass is 9.35. The number of rotatable bonds is 17. The molecule has 10 unspecified atom stereocenters. The molecule has 0 aromatic carbocycles. The Labute approximate surface area is 385 Å². The molecule has 0 spiro atoms. The second kappa shape index (κ2) is 30.2. The van der Waals surface area contributed by atoms with Gasteiger partial charge < -0.3 is 5.32 Å². The number of hydrogen-bond acceptors (Lipinski definition) is 1. The molecule has 1 heteroatoms. The molecule has 61 heavy (non-hydrogen) atoms. The SMILES string of the molecule is C#C.C=C(C)CCCC.C=C(CCCC)CCC12CCC(C)C1C1CCC3C(C)(CCC4C(C)(C)C(CC(=C)CCCC)CCC43C)C1CC2.C=CC.C=CNCCC.CC. The summed E-state index contributed by atoms with van der Waals surface area (Å²) < 4.78 is 0. The fourth-order valence-corrected chi connectivity index (χ4v) is 14.2. The van der Waals surface area contributed by atoms with E-state index in [2.05, 4.69) is 120 Å². The topological polar surface area (TPSA) is 12.0 Å². The molecular formula is C60H109N. The number of allylic oxidation sites excluding steroid dienone is 4. The van der Waals surface area contributed by atoms with Crippen LogP contribution < -0.4 is 5.32 Å². The molecule has 1 N–H and O–H groups in total. The third kappa shape index (κ3) is 16.2. The fraction of sp³-hybridized carbons (Fsp3) is 0.800. The Kier molecular flexibility index (Phi) is 29.3. The molecule has 5 saturated carbocycles. The van der Waals surface area contributed by atoms with Crippen LogP contribution in [-0.4, -0.2) is 6.54 Å². The first-order valence-electron chi connectivity index (χ1n) is 26.2. The lowest BCUT2D eigenvalue weighted by Crippen LogP contribution is -2.62. The Morgan fingerprint density at radius 1 is 0.672 bits per heavy atom. The number of nitrogens with one attached hydrogen (secondary N) is 1. The van der Waals surface area contributed by atoms with Crippen molar-refractivity contribution < 1.29 is 0 Å². The summed E-state index contributed by atoms with van der Waals surface area (Å²) in [5, 5.41) is 2.96. The molecule has 0 amide bonds. The van der Waals surface area contributed by atoms with Gasteiger partial charge in [0.05, 0.1) is 0 Å². The first kappa shape index (κ1) is 59.1. The van der Waals surface area contributed by atoms with Gasteiger partial charge in [0.1, 0.15) is 0 Å². The molecule has 0 saturated heterocycles. The van der Waals surface area contributed by atoms with Crippen molar-refractivity contribution in [2.45, 2.75) is 238 Å². The van der Waals surface area contributed by atoms with E-state index in [1.807, 2.05) is 20.8 Å². The zero-order chi connectivity index (χ0) is 46.9. The molecule has 10 atom stereocenters. The van der Waals surface area contributed by atoms with E-state index in [1.54, 1.807) is 29.8 Å². The van der Waals surface area contributed by atoms with Crippen LogP contribution in [-0.2, 0) is 0 Å². The molecule has 5 fully saturated rings. The van der Waals surface area contributed by atoms with Gasteiger partial charge in [0.25, 0.3) is 0 Å². The number of fused-ring (bicyclic) bond motifs is 7. The maximum atomic E-state index is 4.56. The summed E-state index contributed by atoms with van der Waals surface area (Å²) in [7, 11) is 0. The van der Waals surface area contributed by atoms with Gasteiger partial charge in [-0.1, -0.05) is 138 Å². The second-order valence-electron chi connectivity index (χ2n) is 21.5. The Morgan fingerprint density at radius 2 is 1.21 bits per heavy atom. The highest BCUT2D eigenvalue weighted by atomic mass is 14.8. The van der Waals surface area contributed by atoms with E-state index in [4.69, 9.17) is 0 Å². The van der Waals surface area contributed by atoms with E-state index in [1.165, 1.54) is 147 Å². The van der Waals surface area contributed by atoms with E-state index < -0.39 is 0 Å². The van der Waals surface area contributed by atoms with Gasteiger partial charge in [-0.15, -0.1) is 26.0 Å². The maximum Gasteiger partial charge on any atom is 0.0138 e. The van der Waals surface area contributed by atoms with Crippen LogP contribution in [0.25, 0.3) is 0 Å². The van der Waals surface area contributed by atoms with Crippen molar-refractivity contribution in [3.8, 4) is 12.8 Å². The smallest absolute Gasteiger partial charge is 0.0138 e. The zero-order valence-electron chi connectivity index (χ0n) is 43.9. The van der Waals surface area contributed by atoms with Crippen molar-refractivity contribution >= 4 is 0 Å². The van der Waals surface area contributed by atoms with Gasteiger partial charge in [0.15, 0.2) is 0 Å². The largest absolute Gasteiger partial charge is 0.391 e. The number of unbranched alkanes of at least 4 members (excludes halogenated alkanes) is 3. The average molecular weight is 845 g/mol. The molecular weight excluding hydrogens is 735 g/mol. The quantitative estimate of drug-likeness (QED) is 0.0874. The maximum absolute atomic E-state index is 4.56. The second-order valence-corrected chi connectivity index (χ2v) is 21.5. The lowest BCUT2D eigenvalue weighted by molar-refractivity contribution is -0.208. The normalized spacial score (nSPS) is 32.2. The Balaban J connectivity index is 0.00000151. The van der Waals surface area contributed by atoms with Crippen LogP contribution >= 0.6 is 0 Å². The molecule has 5 aliphatic rings. The predicted octanol–water partition coefficient (Wildman–Crippen LogP) is 19.3.